The number of H-pyrrole nitrogens is 1. The topological polar surface area (TPSA) is 168 Å². The van der Waals surface area contributed by atoms with Crippen molar-refractivity contribution in [1.82, 2.24) is 9.55 Å². The molecular weight excluding hydrogens is 420 g/mol. The number of aliphatic hydroxyl groups excluding tert-OH is 3. The van der Waals surface area contributed by atoms with Gasteiger partial charge in [0.15, 0.2) is 0 Å². The van der Waals surface area contributed by atoms with Gasteiger partial charge in [0.05, 0.1) is 11.5 Å². The van der Waals surface area contributed by atoms with Crippen LogP contribution in [0, 0.1) is 13.8 Å². The van der Waals surface area contributed by atoms with Gasteiger partial charge in [-0.15, -0.1) is 0 Å². The average molecular weight is 442 g/mol. The summed E-state index contributed by atoms with van der Waals surface area (Å²) in [7, 11) is -4.33. The zero-order valence-corrected chi connectivity index (χ0v) is 17.0. The molecule has 30 heavy (non-hydrogen) atoms. The van der Waals surface area contributed by atoms with E-state index in [2.05, 4.69) is 0 Å². The molecule has 0 radical (unpaired) electrons. The van der Waals surface area contributed by atoms with Crippen LogP contribution in [0.1, 0.15) is 11.1 Å². The van der Waals surface area contributed by atoms with Crippen molar-refractivity contribution in [3.05, 3.63) is 62.4 Å². The van der Waals surface area contributed by atoms with E-state index in [1.54, 1.807) is 19.1 Å². The molecular formula is C18H22N2O9S. The minimum atomic E-state index is -4.33. The van der Waals surface area contributed by atoms with E-state index in [4.69, 9.17) is 8.92 Å². The van der Waals surface area contributed by atoms with Crippen LogP contribution < -0.4 is 11.2 Å². The first-order chi connectivity index (χ1) is 14.0. The van der Waals surface area contributed by atoms with E-state index in [0.717, 1.165) is 16.3 Å². The van der Waals surface area contributed by atoms with Gasteiger partial charge in [0, 0.05) is 11.8 Å². The maximum absolute atomic E-state index is 12.6. The van der Waals surface area contributed by atoms with E-state index in [-0.39, 0.29) is 10.5 Å². The van der Waals surface area contributed by atoms with Crippen molar-refractivity contribution in [1.29, 1.82) is 0 Å². The second-order valence-electron chi connectivity index (χ2n) is 7.09. The lowest BCUT2D eigenvalue weighted by atomic mass is 10.0. The number of nitrogens with one attached hydrogen (secondary N) is 1. The summed E-state index contributed by atoms with van der Waals surface area (Å²) in [5, 5.41) is 30.3. The lowest BCUT2D eigenvalue weighted by Crippen LogP contribution is -2.55. The van der Waals surface area contributed by atoms with E-state index in [0.29, 0.717) is 0 Å². The molecule has 0 aliphatic carbocycles. The van der Waals surface area contributed by atoms with Crippen molar-refractivity contribution in [3.8, 4) is 0 Å². The number of ether oxygens (including phenoxy) is 1. The molecule has 1 saturated heterocycles. The average Bonchev–Trinajstić information content (AvgIpc) is 2.95. The number of nitrogens with zero attached hydrogens (tertiary/aromatic N) is 1. The predicted octanol–water partition coefficient (Wildman–Crippen LogP) is -1.68. The molecule has 0 saturated carbocycles. The molecule has 164 valence electrons. The lowest BCUT2D eigenvalue weighted by molar-refractivity contribution is -0.168. The van der Waals surface area contributed by atoms with Gasteiger partial charge in [0.25, 0.3) is 15.7 Å². The normalized spacial score (nSPS) is 26.8. The summed E-state index contributed by atoms with van der Waals surface area (Å²) in [6.07, 6.45) is -3.78. The highest BCUT2D eigenvalue weighted by atomic mass is 32.2. The Balaban J connectivity index is 2.06. The minimum absolute atomic E-state index is 0.0631. The summed E-state index contributed by atoms with van der Waals surface area (Å²) in [5.74, 6) is 0. The van der Waals surface area contributed by atoms with Gasteiger partial charge in [-0.25, -0.2) is 4.79 Å². The molecule has 2 heterocycles. The number of aromatic nitrogens is 2. The molecule has 0 spiro atoms. The van der Waals surface area contributed by atoms with Crippen molar-refractivity contribution in [2.24, 2.45) is 0 Å². The third-order valence-electron chi connectivity index (χ3n) is 4.96. The summed E-state index contributed by atoms with van der Waals surface area (Å²) in [6, 6.07) is 5.78. The van der Waals surface area contributed by atoms with Gasteiger partial charge in [-0.05, 0) is 26.0 Å². The molecule has 12 heteroatoms. The van der Waals surface area contributed by atoms with Crippen LogP contribution in [0.15, 0.2) is 44.9 Å². The Morgan fingerprint density at radius 2 is 1.83 bits per heavy atom. The second-order valence-corrected chi connectivity index (χ2v) is 8.71. The molecule has 1 aliphatic rings. The molecule has 4 atom stereocenters. The van der Waals surface area contributed by atoms with E-state index in [9.17, 15) is 33.3 Å². The van der Waals surface area contributed by atoms with E-state index in [1.807, 2.05) is 4.98 Å². The van der Waals surface area contributed by atoms with Gasteiger partial charge in [0.2, 0.25) is 5.72 Å². The Labute approximate surface area is 171 Å². The van der Waals surface area contributed by atoms with Gasteiger partial charge in [-0.1, -0.05) is 17.7 Å². The summed E-state index contributed by atoms with van der Waals surface area (Å²) in [4.78, 5) is 26.0. The summed E-state index contributed by atoms with van der Waals surface area (Å²) < 4.78 is 36.6. The van der Waals surface area contributed by atoms with Gasteiger partial charge in [0.1, 0.15) is 24.9 Å². The van der Waals surface area contributed by atoms with Crippen LogP contribution in [-0.4, -0.2) is 64.8 Å². The monoisotopic (exact) mass is 442 g/mol. The molecule has 1 aromatic heterocycles. The zero-order valence-electron chi connectivity index (χ0n) is 16.2. The van der Waals surface area contributed by atoms with Crippen LogP contribution in [0.2, 0.25) is 0 Å². The molecule has 2 aromatic rings. The van der Waals surface area contributed by atoms with Crippen LogP contribution in [0.3, 0.4) is 0 Å². The highest BCUT2D eigenvalue weighted by Gasteiger charge is 2.57. The first-order valence-electron chi connectivity index (χ1n) is 8.96. The Bertz CT molecular complexity index is 1140. The maximum Gasteiger partial charge on any atom is 0.330 e. The zero-order chi connectivity index (χ0) is 22.3. The molecule has 1 aromatic carbocycles. The predicted molar refractivity (Wildman–Crippen MR) is 102 cm³/mol. The van der Waals surface area contributed by atoms with E-state index < -0.39 is 58.6 Å². The molecule has 0 bridgehead atoms. The highest BCUT2D eigenvalue weighted by Crippen LogP contribution is 2.36. The minimum Gasteiger partial charge on any atom is -0.394 e. The molecule has 1 aliphatic heterocycles. The lowest BCUT2D eigenvalue weighted by Gasteiger charge is -2.33. The molecule has 11 nitrogen and oxygen atoms in total. The number of rotatable bonds is 6. The van der Waals surface area contributed by atoms with Gasteiger partial charge in [-0.3, -0.25) is 18.5 Å². The number of aromatic amines is 1. The summed E-state index contributed by atoms with van der Waals surface area (Å²) in [6.45, 7) is 1.52. The summed E-state index contributed by atoms with van der Waals surface area (Å²) in [5.41, 5.74) is -3.05. The molecule has 4 N–H and O–H groups in total. The van der Waals surface area contributed by atoms with Crippen LogP contribution >= 0.6 is 0 Å². The maximum atomic E-state index is 12.6. The van der Waals surface area contributed by atoms with E-state index in [1.165, 1.54) is 19.1 Å². The Hall–Kier alpha value is -2.35. The number of hydrogen-bond acceptors (Lipinski definition) is 9. The Kier molecular flexibility index (Phi) is 6.00. The Morgan fingerprint density at radius 1 is 1.20 bits per heavy atom. The number of benzene rings is 1. The Morgan fingerprint density at radius 3 is 2.40 bits per heavy atom. The molecule has 3 rings (SSSR count). The fourth-order valence-corrected chi connectivity index (χ4v) is 4.12. The van der Waals surface area contributed by atoms with Crippen molar-refractivity contribution < 1.29 is 32.7 Å². The van der Waals surface area contributed by atoms with Crippen molar-refractivity contribution in [3.63, 3.8) is 0 Å². The van der Waals surface area contributed by atoms with Crippen LogP contribution in [0.5, 0.6) is 0 Å². The number of aryl methyl sites for hydroxylation is 2. The second kappa shape index (κ2) is 8.06. The fraction of sp³-hybridized carbons (Fsp3) is 0.444. The van der Waals surface area contributed by atoms with Crippen molar-refractivity contribution in [2.45, 2.75) is 42.8 Å². The van der Waals surface area contributed by atoms with Crippen LogP contribution in [0.25, 0.3) is 0 Å². The summed E-state index contributed by atoms with van der Waals surface area (Å²) >= 11 is 0. The first kappa shape index (κ1) is 22.3. The van der Waals surface area contributed by atoms with Crippen molar-refractivity contribution >= 4 is 10.1 Å². The number of hydrogen-bond donors (Lipinski definition) is 4. The highest BCUT2D eigenvalue weighted by molar-refractivity contribution is 7.86. The van der Waals surface area contributed by atoms with Crippen LogP contribution in [-0.2, 0) is 24.8 Å². The largest absolute Gasteiger partial charge is 0.394 e. The third-order valence-corrected chi connectivity index (χ3v) is 6.24. The standard InChI is InChI=1S/C18H22N2O9S/c1-10-3-5-12(6-4-10)30(26,27)28-9-18(15(23)14(22)13(8-21)29-18)20-7-11(2)16(24)19-17(20)25/h3-7,13-15,21-23H,8-9H2,1-2H3,(H,19,24,25)/t13-,14-,15-,18-/m1/s1. The number of aliphatic hydroxyl groups is 3. The van der Waals surface area contributed by atoms with Gasteiger partial charge < -0.3 is 20.1 Å². The van der Waals surface area contributed by atoms with Crippen LogP contribution in [0.4, 0.5) is 0 Å². The fourth-order valence-electron chi connectivity index (χ4n) is 3.19. The molecule has 0 amide bonds. The third kappa shape index (κ3) is 3.85. The molecule has 1 fully saturated rings. The van der Waals surface area contributed by atoms with Crippen molar-refractivity contribution in [2.75, 3.05) is 13.2 Å². The van der Waals surface area contributed by atoms with E-state index >= 15 is 0 Å². The van der Waals surface area contributed by atoms with Gasteiger partial charge >= 0.3 is 5.69 Å². The quantitative estimate of drug-likeness (QED) is 0.382. The van der Waals surface area contributed by atoms with Gasteiger partial charge in [-0.2, -0.15) is 8.42 Å². The first-order valence-corrected chi connectivity index (χ1v) is 10.4. The smallest absolute Gasteiger partial charge is 0.330 e. The SMILES string of the molecule is Cc1ccc(S(=O)(=O)OC[C@@]2(n3cc(C)c(=O)[nH]c3=O)O[C@H](CO)[C@@H](O)[C@H]2O)cc1. The molecule has 0 unspecified atom stereocenters.